The minimum Gasteiger partial charge on any atom is -0.444 e. The Morgan fingerprint density at radius 2 is 1.74 bits per heavy atom. The fourth-order valence-electron chi connectivity index (χ4n) is 2.79. The number of nitrogens with zero attached hydrogens (tertiary/aromatic N) is 3. The SMILES string of the molecule is CCNC(=NCc1ccn(C)c1)NCc1ccc(CN(C)C(=O)OC(C)(C)C)cc1.I. The summed E-state index contributed by atoms with van der Waals surface area (Å²) in [7, 11) is 3.75. The van der Waals surface area contributed by atoms with Gasteiger partial charge in [0.25, 0.3) is 0 Å². The average Bonchev–Trinajstić information content (AvgIpc) is 3.09. The van der Waals surface area contributed by atoms with Crippen molar-refractivity contribution in [3.05, 3.63) is 59.4 Å². The number of carbonyl (C=O) groups is 1. The third-order valence-electron chi connectivity index (χ3n) is 4.27. The van der Waals surface area contributed by atoms with Crippen LogP contribution in [-0.4, -0.2) is 40.7 Å². The number of carbonyl (C=O) groups excluding carboxylic acids is 1. The van der Waals surface area contributed by atoms with Crippen LogP contribution in [-0.2, 0) is 31.4 Å². The number of amides is 1. The molecule has 8 heteroatoms. The summed E-state index contributed by atoms with van der Waals surface area (Å²) in [6.07, 6.45) is 3.77. The van der Waals surface area contributed by atoms with Gasteiger partial charge in [0.2, 0.25) is 0 Å². The summed E-state index contributed by atoms with van der Waals surface area (Å²) in [6.45, 7) is 10.3. The second kappa shape index (κ2) is 12.6. The number of hydrogen-bond acceptors (Lipinski definition) is 3. The zero-order chi connectivity index (χ0) is 22.1. The predicted octanol–water partition coefficient (Wildman–Crippen LogP) is 4.27. The van der Waals surface area contributed by atoms with Crippen molar-refractivity contribution >= 4 is 36.0 Å². The molecule has 2 aromatic rings. The van der Waals surface area contributed by atoms with E-state index in [-0.39, 0.29) is 30.1 Å². The van der Waals surface area contributed by atoms with Gasteiger partial charge < -0.3 is 24.8 Å². The van der Waals surface area contributed by atoms with Crippen LogP contribution in [0.5, 0.6) is 0 Å². The predicted molar refractivity (Wildman–Crippen MR) is 137 cm³/mol. The number of aliphatic imine (C=N–C) groups is 1. The number of aryl methyl sites for hydroxylation is 1. The van der Waals surface area contributed by atoms with Crippen molar-refractivity contribution in [1.29, 1.82) is 0 Å². The molecule has 0 aliphatic rings. The highest BCUT2D eigenvalue weighted by molar-refractivity contribution is 14.0. The van der Waals surface area contributed by atoms with Gasteiger partial charge in [0, 0.05) is 46.1 Å². The van der Waals surface area contributed by atoms with Crippen LogP contribution in [0.15, 0.2) is 47.7 Å². The zero-order valence-corrected chi connectivity index (χ0v) is 21.8. The molecule has 1 amide bonds. The maximum absolute atomic E-state index is 12.1. The van der Waals surface area contributed by atoms with Gasteiger partial charge >= 0.3 is 6.09 Å². The number of nitrogens with one attached hydrogen (secondary N) is 2. The molecule has 1 aromatic carbocycles. The lowest BCUT2D eigenvalue weighted by molar-refractivity contribution is 0.0285. The van der Waals surface area contributed by atoms with Crippen molar-refractivity contribution in [3.8, 4) is 0 Å². The Labute approximate surface area is 203 Å². The summed E-state index contributed by atoms with van der Waals surface area (Å²) in [5, 5.41) is 6.64. The van der Waals surface area contributed by atoms with Gasteiger partial charge in [0.05, 0.1) is 6.54 Å². The van der Waals surface area contributed by atoms with Crippen LogP contribution >= 0.6 is 24.0 Å². The van der Waals surface area contributed by atoms with Crippen LogP contribution in [0.2, 0.25) is 0 Å². The van der Waals surface area contributed by atoms with E-state index >= 15 is 0 Å². The highest BCUT2D eigenvalue weighted by Crippen LogP contribution is 2.12. The van der Waals surface area contributed by atoms with Gasteiger partial charge in [-0.15, -0.1) is 24.0 Å². The fourth-order valence-corrected chi connectivity index (χ4v) is 2.79. The maximum Gasteiger partial charge on any atom is 0.410 e. The Balaban J connectivity index is 0.00000480. The molecule has 31 heavy (non-hydrogen) atoms. The second-order valence-electron chi connectivity index (χ2n) is 8.39. The summed E-state index contributed by atoms with van der Waals surface area (Å²) in [5.41, 5.74) is 2.88. The van der Waals surface area contributed by atoms with Gasteiger partial charge in [-0.05, 0) is 50.5 Å². The van der Waals surface area contributed by atoms with E-state index in [9.17, 15) is 4.79 Å². The standard InChI is InChI=1S/C23H35N5O2.HI/c1-7-24-21(26-15-20-12-13-27(5)16-20)25-14-18-8-10-19(11-9-18)17-28(6)22(29)30-23(2,3)4;/h8-13,16H,7,14-15,17H2,1-6H3,(H2,24,25,26);1H. The van der Waals surface area contributed by atoms with E-state index in [0.29, 0.717) is 19.6 Å². The molecule has 0 bridgehead atoms. The highest BCUT2D eigenvalue weighted by atomic mass is 127. The third-order valence-corrected chi connectivity index (χ3v) is 4.27. The molecule has 0 atom stereocenters. The quantitative estimate of drug-likeness (QED) is 0.312. The van der Waals surface area contributed by atoms with Crippen LogP contribution in [0.3, 0.4) is 0 Å². The Morgan fingerprint density at radius 1 is 1.10 bits per heavy atom. The van der Waals surface area contributed by atoms with Gasteiger partial charge in [0.1, 0.15) is 5.60 Å². The summed E-state index contributed by atoms with van der Waals surface area (Å²) in [4.78, 5) is 18.3. The van der Waals surface area contributed by atoms with E-state index in [0.717, 1.165) is 23.6 Å². The first kappa shape index (κ1) is 26.8. The van der Waals surface area contributed by atoms with Crippen molar-refractivity contribution in [2.24, 2.45) is 12.0 Å². The van der Waals surface area contributed by atoms with Gasteiger partial charge in [0.15, 0.2) is 5.96 Å². The van der Waals surface area contributed by atoms with E-state index in [1.165, 1.54) is 5.56 Å². The molecule has 0 spiro atoms. The number of rotatable bonds is 7. The molecule has 1 heterocycles. The van der Waals surface area contributed by atoms with Gasteiger partial charge in [-0.25, -0.2) is 9.79 Å². The van der Waals surface area contributed by atoms with Gasteiger partial charge in [-0.1, -0.05) is 24.3 Å². The van der Waals surface area contributed by atoms with Crippen LogP contribution in [0.25, 0.3) is 0 Å². The van der Waals surface area contributed by atoms with Crippen molar-refractivity contribution in [2.45, 2.75) is 52.9 Å². The maximum atomic E-state index is 12.1. The van der Waals surface area contributed by atoms with E-state index in [1.807, 2.05) is 50.7 Å². The van der Waals surface area contributed by atoms with Crippen molar-refractivity contribution in [2.75, 3.05) is 13.6 Å². The number of halogens is 1. The molecule has 2 N–H and O–H groups in total. The molecule has 0 aliphatic carbocycles. The smallest absolute Gasteiger partial charge is 0.410 e. The first-order valence-electron chi connectivity index (χ1n) is 10.3. The number of guanidine groups is 1. The van der Waals surface area contributed by atoms with E-state index < -0.39 is 5.60 Å². The number of hydrogen-bond donors (Lipinski definition) is 2. The Hall–Kier alpha value is -2.23. The fraction of sp³-hybridized carbons (Fsp3) is 0.478. The minimum atomic E-state index is -0.493. The van der Waals surface area contributed by atoms with Crippen LogP contribution < -0.4 is 10.6 Å². The molecule has 7 nitrogen and oxygen atoms in total. The number of benzene rings is 1. The molecule has 1 aromatic heterocycles. The van der Waals surface area contributed by atoms with E-state index in [2.05, 4.69) is 46.9 Å². The van der Waals surface area contributed by atoms with Crippen LogP contribution in [0.1, 0.15) is 44.4 Å². The first-order valence-corrected chi connectivity index (χ1v) is 10.3. The summed E-state index contributed by atoms with van der Waals surface area (Å²) in [6, 6.07) is 10.3. The zero-order valence-electron chi connectivity index (χ0n) is 19.4. The molecular weight excluding hydrogens is 505 g/mol. The molecule has 0 fully saturated rings. The monoisotopic (exact) mass is 541 g/mol. The topological polar surface area (TPSA) is 70.9 Å². The average molecular weight is 541 g/mol. The Morgan fingerprint density at radius 3 is 2.29 bits per heavy atom. The summed E-state index contributed by atoms with van der Waals surface area (Å²) < 4.78 is 7.42. The summed E-state index contributed by atoms with van der Waals surface area (Å²) >= 11 is 0. The lowest BCUT2D eigenvalue weighted by Crippen LogP contribution is -2.36. The Bertz CT molecular complexity index is 840. The molecule has 0 unspecified atom stereocenters. The lowest BCUT2D eigenvalue weighted by Gasteiger charge is -2.24. The van der Waals surface area contributed by atoms with E-state index in [4.69, 9.17) is 4.74 Å². The largest absolute Gasteiger partial charge is 0.444 e. The molecular formula is C23H36IN5O2. The molecule has 172 valence electrons. The second-order valence-corrected chi connectivity index (χ2v) is 8.39. The van der Waals surface area contributed by atoms with Crippen LogP contribution in [0, 0.1) is 0 Å². The molecule has 0 aliphatic heterocycles. The number of ether oxygens (including phenoxy) is 1. The third kappa shape index (κ3) is 10.1. The van der Waals surface area contributed by atoms with Crippen molar-refractivity contribution in [3.63, 3.8) is 0 Å². The Kier molecular flexibility index (Phi) is 10.9. The normalized spacial score (nSPS) is 11.5. The van der Waals surface area contributed by atoms with Crippen LogP contribution in [0.4, 0.5) is 4.79 Å². The molecule has 2 rings (SSSR count). The van der Waals surface area contributed by atoms with Gasteiger partial charge in [-0.2, -0.15) is 0 Å². The highest BCUT2D eigenvalue weighted by Gasteiger charge is 2.19. The lowest BCUT2D eigenvalue weighted by atomic mass is 10.1. The van der Waals surface area contributed by atoms with Crippen molar-refractivity contribution in [1.82, 2.24) is 20.1 Å². The minimum absolute atomic E-state index is 0. The molecule has 0 saturated heterocycles. The van der Waals surface area contributed by atoms with Crippen molar-refractivity contribution < 1.29 is 9.53 Å². The van der Waals surface area contributed by atoms with Gasteiger partial charge in [-0.3, -0.25) is 0 Å². The first-order chi connectivity index (χ1) is 14.2. The van der Waals surface area contributed by atoms with E-state index in [1.54, 1.807) is 11.9 Å². The molecule has 0 saturated carbocycles. The molecule has 0 radical (unpaired) electrons. The number of aromatic nitrogens is 1. The summed E-state index contributed by atoms with van der Waals surface area (Å²) in [5.74, 6) is 0.787.